The molecular formula is C8H12N3O+. The molecule has 64 valence electrons. The molecule has 1 aromatic rings. The zero-order chi connectivity index (χ0) is 8.97. The minimum atomic E-state index is 0.319. The fourth-order valence-electron chi connectivity index (χ4n) is 0.927. The van der Waals surface area contributed by atoms with Crippen LogP contribution in [0.3, 0.4) is 0 Å². The fourth-order valence-corrected chi connectivity index (χ4v) is 0.927. The van der Waals surface area contributed by atoms with Gasteiger partial charge in [0.1, 0.15) is 18.4 Å². The molecule has 12 heavy (non-hydrogen) atoms. The molecule has 0 aliphatic rings. The minimum absolute atomic E-state index is 0.319. The maximum atomic E-state index is 11.2. The molecule has 2 N–H and O–H groups in total. The third kappa shape index (κ3) is 1.78. The van der Waals surface area contributed by atoms with Gasteiger partial charge < -0.3 is 5.73 Å². The summed E-state index contributed by atoms with van der Waals surface area (Å²) in [6.45, 7) is 2.37. The molecule has 0 aliphatic carbocycles. The molecule has 0 fully saturated rings. The average molecular weight is 166 g/mol. The molecule has 1 aromatic heterocycles. The second-order valence-electron chi connectivity index (χ2n) is 2.52. The first kappa shape index (κ1) is 8.64. The largest absolute Gasteiger partial charge is 0.392 e. The zero-order valence-electron chi connectivity index (χ0n) is 7.03. The number of rotatable bonds is 3. The Morgan fingerprint density at radius 3 is 3.00 bits per heavy atom. The summed E-state index contributed by atoms with van der Waals surface area (Å²) in [7, 11) is 0. The van der Waals surface area contributed by atoms with Gasteiger partial charge in [-0.05, 0) is 28.3 Å². The third-order valence-corrected chi connectivity index (χ3v) is 1.48. The van der Waals surface area contributed by atoms with E-state index in [1.54, 1.807) is 18.3 Å². The van der Waals surface area contributed by atoms with E-state index in [0.717, 1.165) is 11.2 Å². The van der Waals surface area contributed by atoms with Crippen LogP contribution < -0.4 is 5.73 Å². The number of hydrogen-bond donors (Lipinski definition) is 1. The van der Waals surface area contributed by atoms with E-state index in [1.807, 2.05) is 6.92 Å². The monoisotopic (exact) mass is 166 g/mol. The molecule has 0 radical (unpaired) electrons. The number of nitrogen functional groups attached to an aromatic ring is 1. The highest BCUT2D eigenvalue weighted by Gasteiger charge is 2.15. The van der Waals surface area contributed by atoms with Crippen molar-refractivity contribution in [2.75, 3.05) is 12.3 Å². The lowest BCUT2D eigenvalue weighted by Gasteiger charge is -1.94. The van der Waals surface area contributed by atoms with Crippen LogP contribution in [0.5, 0.6) is 0 Å². The van der Waals surface area contributed by atoms with E-state index in [4.69, 9.17) is 5.73 Å². The normalized spacial score (nSPS) is 9.75. The zero-order valence-corrected chi connectivity index (χ0v) is 7.03. The Balaban J connectivity index is 2.87. The molecule has 0 amide bonds. The Hall–Kier alpha value is -1.45. The van der Waals surface area contributed by atoms with Gasteiger partial charge in [0, 0.05) is 0 Å². The van der Waals surface area contributed by atoms with Gasteiger partial charge >= 0.3 is 5.82 Å². The number of hydrogen-bond acceptors (Lipinski definition) is 3. The molecule has 0 saturated heterocycles. The highest BCUT2D eigenvalue weighted by molar-refractivity contribution is 5.51. The van der Waals surface area contributed by atoms with Crippen molar-refractivity contribution >= 4 is 11.5 Å². The van der Waals surface area contributed by atoms with Crippen LogP contribution in [-0.2, 0) is 0 Å². The maximum Gasteiger partial charge on any atom is 0.383 e. The van der Waals surface area contributed by atoms with Crippen LogP contribution in [-0.4, -0.2) is 16.3 Å². The van der Waals surface area contributed by atoms with Crippen LogP contribution in [0.15, 0.2) is 18.3 Å². The second kappa shape index (κ2) is 3.80. The van der Waals surface area contributed by atoms with E-state index >= 15 is 0 Å². The summed E-state index contributed by atoms with van der Waals surface area (Å²) in [6, 6.07) is 3.38. The van der Waals surface area contributed by atoms with E-state index < -0.39 is 0 Å². The first-order chi connectivity index (χ1) is 5.75. The van der Waals surface area contributed by atoms with Gasteiger partial charge in [-0.15, -0.1) is 0 Å². The van der Waals surface area contributed by atoms with Gasteiger partial charge in [0.25, 0.3) is 0 Å². The minimum Gasteiger partial charge on any atom is -0.392 e. The van der Waals surface area contributed by atoms with Crippen LogP contribution in [0.25, 0.3) is 0 Å². The Labute approximate surface area is 71.0 Å². The molecule has 0 spiro atoms. The summed E-state index contributed by atoms with van der Waals surface area (Å²) in [5.74, 6) is 0.319. The molecule has 0 unspecified atom stereocenters. The number of nitrogens with two attached hydrogens (primary N) is 1. The summed E-state index contributed by atoms with van der Waals surface area (Å²) in [6.07, 6.45) is 2.35. The van der Waals surface area contributed by atoms with Crippen LogP contribution in [0, 0.1) is 4.91 Å². The van der Waals surface area contributed by atoms with Gasteiger partial charge in [-0.1, -0.05) is 11.8 Å². The average Bonchev–Trinajstić information content (AvgIpc) is 2.05. The number of aromatic nitrogens is 1. The number of nitroso groups, excluding NO2 is 1. The molecule has 0 saturated carbocycles. The molecule has 0 aromatic carbocycles. The quantitative estimate of drug-likeness (QED) is 0.692. The fraction of sp³-hybridized carbons (Fsp3) is 0.375. The van der Waals surface area contributed by atoms with E-state index in [9.17, 15) is 4.91 Å². The van der Waals surface area contributed by atoms with Crippen molar-refractivity contribution in [2.24, 2.45) is 0 Å². The Bertz CT molecular complexity index is 285. The molecular weight excluding hydrogens is 154 g/mol. The van der Waals surface area contributed by atoms with Crippen LogP contribution >= 0.6 is 0 Å². The van der Waals surface area contributed by atoms with Crippen molar-refractivity contribution in [2.45, 2.75) is 13.3 Å². The second-order valence-corrected chi connectivity index (χ2v) is 2.52. The molecule has 1 heterocycles. The summed E-state index contributed by atoms with van der Waals surface area (Å²) in [4.78, 5) is 15.1. The Kier molecular flexibility index (Phi) is 2.74. The maximum absolute atomic E-state index is 11.2. The van der Waals surface area contributed by atoms with E-state index in [2.05, 4.69) is 4.98 Å². The lowest BCUT2D eigenvalue weighted by molar-refractivity contribution is -0.466. The standard InChI is InChI=1S/C8H12N3O/c1-2-6-11(12)8-7(9)4-3-5-10-8/h3-5H,2,6,9H2,1H3/q+1. The lowest BCUT2D eigenvalue weighted by atomic mass is 10.4. The highest BCUT2D eigenvalue weighted by Crippen LogP contribution is 2.16. The summed E-state index contributed by atoms with van der Waals surface area (Å²) < 4.78 is 0.815. The van der Waals surface area contributed by atoms with Crippen LogP contribution in [0.4, 0.5) is 11.5 Å². The van der Waals surface area contributed by atoms with E-state index in [-0.39, 0.29) is 0 Å². The van der Waals surface area contributed by atoms with Crippen molar-refractivity contribution < 1.29 is 4.76 Å². The number of pyridine rings is 1. The summed E-state index contributed by atoms with van der Waals surface area (Å²) in [5, 5.41) is 0. The van der Waals surface area contributed by atoms with E-state index in [0.29, 0.717) is 18.1 Å². The first-order valence-electron chi connectivity index (χ1n) is 3.91. The topological polar surface area (TPSA) is 59.0 Å². The van der Waals surface area contributed by atoms with Gasteiger partial charge in [0.05, 0.1) is 0 Å². The molecule has 0 aliphatic heterocycles. The van der Waals surface area contributed by atoms with Crippen LogP contribution in [0.2, 0.25) is 0 Å². The summed E-state index contributed by atoms with van der Waals surface area (Å²) >= 11 is 0. The van der Waals surface area contributed by atoms with E-state index in [1.165, 1.54) is 0 Å². The van der Waals surface area contributed by atoms with Gasteiger partial charge in [-0.3, -0.25) is 0 Å². The van der Waals surface area contributed by atoms with Gasteiger partial charge in [0.15, 0.2) is 0 Å². The molecule has 1 rings (SSSR count). The Morgan fingerprint density at radius 1 is 1.67 bits per heavy atom. The molecule has 0 bridgehead atoms. The third-order valence-electron chi connectivity index (χ3n) is 1.48. The van der Waals surface area contributed by atoms with Crippen molar-refractivity contribution in [3.05, 3.63) is 23.2 Å². The smallest absolute Gasteiger partial charge is 0.383 e. The first-order valence-corrected chi connectivity index (χ1v) is 3.91. The Morgan fingerprint density at radius 2 is 2.42 bits per heavy atom. The van der Waals surface area contributed by atoms with Crippen molar-refractivity contribution in [1.82, 2.24) is 4.98 Å². The predicted molar refractivity (Wildman–Crippen MR) is 47.1 cm³/mol. The van der Waals surface area contributed by atoms with Crippen LogP contribution in [0.1, 0.15) is 13.3 Å². The van der Waals surface area contributed by atoms with Crippen molar-refractivity contribution in [3.8, 4) is 0 Å². The van der Waals surface area contributed by atoms with Gasteiger partial charge in [0.2, 0.25) is 0 Å². The lowest BCUT2D eigenvalue weighted by Crippen LogP contribution is -2.06. The van der Waals surface area contributed by atoms with Gasteiger partial charge in [-0.25, -0.2) is 0 Å². The SMILES string of the molecule is CCC[N+](=O)c1ncccc1N. The summed E-state index contributed by atoms with van der Waals surface area (Å²) in [5.41, 5.74) is 5.98. The molecule has 4 nitrogen and oxygen atoms in total. The van der Waals surface area contributed by atoms with Crippen molar-refractivity contribution in [3.63, 3.8) is 0 Å². The molecule has 4 heteroatoms. The highest BCUT2D eigenvalue weighted by atomic mass is 16.3. The number of anilines is 1. The predicted octanol–water partition coefficient (Wildman–Crippen LogP) is 1.48. The van der Waals surface area contributed by atoms with Gasteiger partial charge in [-0.2, -0.15) is 0 Å². The number of nitrogens with zero attached hydrogens (tertiary/aromatic N) is 2. The molecule has 0 atom stereocenters. The van der Waals surface area contributed by atoms with Crippen molar-refractivity contribution in [1.29, 1.82) is 0 Å².